The van der Waals surface area contributed by atoms with E-state index in [1.165, 1.54) is 19.2 Å². The van der Waals surface area contributed by atoms with E-state index in [0.717, 1.165) is 26.3 Å². The number of hydrogen-bond donors (Lipinski definition) is 0. The molecule has 3 rings (SSSR count). The largest absolute Gasteiger partial charge is 0.493 e. The fourth-order valence-corrected chi connectivity index (χ4v) is 4.56. The first-order valence-electron chi connectivity index (χ1n) is 8.53. The summed E-state index contributed by atoms with van der Waals surface area (Å²) in [6.45, 7) is 2.36. The summed E-state index contributed by atoms with van der Waals surface area (Å²) in [4.78, 5) is 26.5. The average Bonchev–Trinajstić information content (AvgIpc) is 2.93. The van der Waals surface area contributed by atoms with Crippen LogP contribution in [0.3, 0.4) is 0 Å². The molecule has 1 heterocycles. The van der Waals surface area contributed by atoms with Gasteiger partial charge in [0.15, 0.2) is 11.5 Å². The molecule has 152 valence electrons. The molecule has 1 aliphatic heterocycles. The van der Waals surface area contributed by atoms with Crippen molar-refractivity contribution in [2.75, 3.05) is 13.7 Å². The Morgan fingerprint density at radius 2 is 2.03 bits per heavy atom. The second-order valence-corrected chi connectivity index (χ2v) is 8.53. The summed E-state index contributed by atoms with van der Waals surface area (Å²) < 4.78 is 25.0. The molecular formula is C20H16ClFINO4S. The Hall–Kier alpha value is -1.78. The third-order valence-electron chi connectivity index (χ3n) is 4.06. The van der Waals surface area contributed by atoms with Crippen LogP contribution in [0.1, 0.15) is 18.1 Å². The number of rotatable bonds is 6. The molecule has 0 atom stereocenters. The molecule has 2 aromatic carbocycles. The highest BCUT2D eigenvalue weighted by molar-refractivity contribution is 14.1. The molecule has 1 saturated heterocycles. The van der Waals surface area contributed by atoms with E-state index in [1.807, 2.05) is 13.0 Å². The van der Waals surface area contributed by atoms with Gasteiger partial charge in [-0.05, 0) is 82.7 Å². The number of amides is 2. The van der Waals surface area contributed by atoms with Crippen LogP contribution in [-0.4, -0.2) is 29.8 Å². The van der Waals surface area contributed by atoms with Crippen LogP contribution in [0, 0.1) is 9.39 Å². The molecule has 0 spiro atoms. The van der Waals surface area contributed by atoms with Crippen LogP contribution in [0.15, 0.2) is 35.2 Å². The van der Waals surface area contributed by atoms with Crippen LogP contribution in [0.4, 0.5) is 9.18 Å². The Bertz CT molecular complexity index is 1010. The Labute approximate surface area is 190 Å². The van der Waals surface area contributed by atoms with Gasteiger partial charge in [0.05, 0.1) is 28.7 Å². The summed E-state index contributed by atoms with van der Waals surface area (Å²) in [6.07, 6.45) is 1.64. The molecule has 2 aromatic rings. The van der Waals surface area contributed by atoms with Crippen molar-refractivity contribution >= 4 is 63.2 Å². The number of ether oxygens (including phenoxy) is 2. The average molecular weight is 548 g/mol. The number of thioether (sulfide) groups is 1. The van der Waals surface area contributed by atoms with E-state index in [-0.39, 0.29) is 16.5 Å². The number of benzene rings is 2. The number of methoxy groups -OCH3 is 1. The lowest BCUT2D eigenvalue weighted by Gasteiger charge is -2.14. The topological polar surface area (TPSA) is 55.8 Å². The fourth-order valence-electron chi connectivity index (χ4n) is 2.72. The van der Waals surface area contributed by atoms with E-state index in [4.69, 9.17) is 21.1 Å². The van der Waals surface area contributed by atoms with Gasteiger partial charge in [-0.1, -0.05) is 17.7 Å². The van der Waals surface area contributed by atoms with Gasteiger partial charge in [0.1, 0.15) is 5.82 Å². The van der Waals surface area contributed by atoms with Crippen molar-refractivity contribution < 1.29 is 23.5 Å². The monoisotopic (exact) mass is 547 g/mol. The first-order chi connectivity index (χ1) is 13.8. The van der Waals surface area contributed by atoms with Crippen LogP contribution in [0.25, 0.3) is 6.08 Å². The highest BCUT2D eigenvalue weighted by Gasteiger charge is 2.35. The van der Waals surface area contributed by atoms with Crippen LogP contribution >= 0.6 is 46.0 Å². The van der Waals surface area contributed by atoms with Gasteiger partial charge in [-0.15, -0.1) is 0 Å². The van der Waals surface area contributed by atoms with Gasteiger partial charge in [-0.25, -0.2) is 4.39 Å². The molecule has 0 radical (unpaired) electrons. The number of hydrogen-bond acceptors (Lipinski definition) is 5. The van der Waals surface area contributed by atoms with Crippen molar-refractivity contribution in [3.8, 4) is 11.5 Å². The SMILES string of the molecule is CCOc1c(I)cc(/C=C2\SC(=O)N(Cc3ccc(F)cc3Cl)C2=O)cc1OC. The normalized spacial score (nSPS) is 15.3. The van der Waals surface area contributed by atoms with Gasteiger partial charge in [-0.2, -0.15) is 0 Å². The van der Waals surface area contributed by atoms with Crippen LogP contribution in [-0.2, 0) is 11.3 Å². The molecule has 2 amide bonds. The Kier molecular flexibility index (Phi) is 7.07. The van der Waals surface area contributed by atoms with E-state index in [1.54, 1.807) is 12.1 Å². The molecule has 9 heteroatoms. The van der Waals surface area contributed by atoms with E-state index in [0.29, 0.717) is 29.2 Å². The summed E-state index contributed by atoms with van der Waals surface area (Å²) >= 11 is 9.00. The number of carbonyl (C=O) groups excluding carboxylic acids is 2. The van der Waals surface area contributed by atoms with Gasteiger partial charge in [0.2, 0.25) is 0 Å². The summed E-state index contributed by atoms with van der Waals surface area (Å²) in [5, 5.41) is -0.243. The minimum absolute atomic E-state index is 0.0226. The van der Waals surface area contributed by atoms with Crippen LogP contribution in [0.5, 0.6) is 11.5 Å². The lowest BCUT2D eigenvalue weighted by molar-refractivity contribution is -0.123. The van der Waals surface area contributed by atoms with E-state index in [2.05, 4.69) is 22.6 Å². The smallest absolute Gasteiger partial charge is 0.293 e. The molecule has 29 heavy (non-hydrogen) atoms. The Balaban J connectivity index is 1.87. The maximum Gasteiger partial charge on any atom is 0.293 e. The Morgan fingerprint density at radius 1 is 1.28 bits per heavy atom. The molecule has 0 aliphatic carbocycles. The molecule has 0 bridgehead atoms. The molecular weight excluding hydrogens is 532 g/mol. The van der Waals surface area contributed by atoms with Gasteiger partial charge < -0.3 is 9.47 Å². The standard InChI is InChI=1S/C20H16ClFINO4S/c1-3-28-18-15(23)6-11(7-16(18)27-2)8-17-19(25)24(20(26)29-17)10-12-4-5-13(22)9-14(12)21/h4-9H,3,10H2,1-2H3/b17-8-. The zero-order valence-corrected chi connectivity index (χ0v) is 19.2. The molecule has 0 saturated carbocycles. The van der Waals surface area contributed by atoms with Gasteiger partial charge >= 0.3 is 0 Å². The minimum atomic E-state index is -0.480. The Morgan fingerprint density at radius 3 is 2.69 bits per heavy atom. The van der Waals surface area contributed by atoms with Crippen molar-refractivity contribution in [3.63, 3.8) is 0 Å². The lowest BCUT2D eigenvalue weighted by atomic mass is 10.1. The minimum Gasteiger partial charge on any atom is -0.493 e. The predicted octanol–water partition coefficient (Wildman–Crippen LogP) is 5.73. The molecule has 0 N–H and O–H groups in total. The summed E-state index contributed by atoms with van der Waals surface area (Å²) in [5.74, 6) is 0.268. The van der Waals surface area contributed by atoms with Crippen LogP contribution < -0.4 is 9.47 Å². The van der Waals surface area contributed by atoms with Gasteiger partial charge in [0.25, 0.3) is 11.1 Å². The van der Waals surface area contributed by atoms with Gasteiger partial charge in [-0.3, -0.25) is 14.5 Å². The second-order valence-electron chi connectivity index (χ2n) is 5.97. The number of nitrogens with zero attached hydrogens (tertiary/aromatic N) is 1. The third kappa shape index (κ3) is 4.87. The zero-order valence-electron chi connectivity index (χ0n) is 15.5. The number of imide groups is 1. The van der Waals surface area contributed by atoms with Crippen molar-refractivity contribution in [2.45, 2.75) is 13.5 Å². The maximum absolute atomic E-state index is 13.2. The molecule has 1 fully saturated rings. The first-order valence-corrected chi connectivity index (χ1v) is 10.8. The molecule has 5 nitrogen and oxygen atoms in total. The summed E-state index contributed by atoms with van der Waals surface area (Å²) in [6, 6.07) is 7.45. The summed E-state index contributed by atoms with van der Waals surface area (Å²) in [7, 11) is 1.54. The van der Waals surface area contributed by atoms with Crippen molar-refractivity contribution in [2.24, 2.45) is 0 Å². The van der Waals surface area contributed by atoms with Crippen molar-refractivity contribution in [1.82, 2.24) is 4.90 Å². The zero-order chi connectivity index (χ0) is 21.1. The van der Waals surface area contributed by atoms with Crippen molar-refractivity contribution in [1.29, 1.82) is 0 Å². The highest BCUT2D eigenvalue weighted by atomic mass is 127. The summed E-state index contributed by atoms with van der Waals surface area (Å²) in [5.41, 5.74) is 1.20. The highest BCUT2D eigenvalue weighted by Crippen LogP contribution is 2.38. The van der Waals surface area contributed by atoms with E-state index < -0.39 is 17.0 Å². The molecule has 1 aliphatic rings. The van der Waals surface area contributed by atoms with E-state index >= 15 is 0 Å². The fraction of sp³-hybridized carbons (Fsp3) is 0.200. The predicted molar refractivity (Wildman–Crippen MR) is 120 cm³/mol. The number of carbonyl (C=O) groups is 2. The molecule has 0 unspecified atom stereocenters. The lowest BCUT2D eigenvalue weighted by Crippen LogP contribution is -2.27. The van der Waals surface area contributed by atoms with Crippen LogP contribution in [0.2, 0.25) is 5.02 Å². The maximum atomic E-state index is 13.2. The number of halogens is 3. The second kappa shape index (κ2) is 9.36. The third-order valence-corrected chi connectivity index (χ3v) is 6.12. The first kappa shape index (κ1) is 21.9. The van der Waals surface area contributed by atoms with Crippen molar-refractivity contribution in [3.05, 3.63) is 60.8 Å². The quantitative estimate of drug-likeness (QED) is 0.342. The van der Waals surface area contributed by atoms with E-state index in [9.17, 15) is 14.0 Å². The molecule has 0 aromatic heterocycles. The van der Waals surface area contributed by atoms with Gasteiger partial charge in [0, 0.05) is 5.02 Å².